The molecule has 0 saturated carbocycles. The molecule has 28 heavy (non-hydrogen) atoms. The molecule has 3 aromatic rings. The van der Waals surface area contributed by atoms with Gasteiger partial charge in [0.1, 0.15) is 5.76 Å². The number of amides is 1. The number of furan rings is 1. The van der Waals surface area contributed by atoms with Crippen LogP contribution in [0.2, 0.25) is 0 Å². The monoisotopic (exact) mass is 379 g/mol. The normalized spacial score (nSPS) is 13.9. The first-order valence-corrected chi connectivity index (χ1v) is 9.11. The van der Waals surface area contributed by atoms with Crippen LogP contribution in [0.5, 0.6) is 0 Å². The van der Waals surface area contributed by atoms with Crippen molar-refractivity contribution in [2.45, 2.75) is 6.54 Å². The fourth-order valence-corrected chi connectivity index (χ4v) is 2.97. The molecule has 0 atom stereocenters. The molecule has 2 N–H and O–H groups in total. The Labute approximate surface area is 162 Å². The van der Waals surface area contributed by atoms with E-state index in [-0.39, 0.29) is 5.91 Å². The van der Waals surface area contributed by atoms with E-state index in [2.05, 4.69) is 25.5 Å². The van der Waals surface area contributed by atoms with E-state index in [1.807, 2.05) is 36.4 Å². The molecular weight excluding hydrogens is 358 g/mol. The Hall–Kier alpha value is -3.39. The number of carbonyl (C=O) groups excluding carboxylic acids is 1. The van der Waals surface area contributed by atoms with Crippen LogP contribution in [0.4, 0.5) is 17.3 Å². The lowest BCUT2D eigenvalue weighted by atomic mass is 10.2. The van der Waals surface area contributed by atoms with Crippen molar-refractivity contribution in [3.8, 4) is 0 Å². The third-order valence-electron chi connectivity index (χ3n) is 4.42. The van der Waals surface area contributed by atoms with E-state index in [0.29, 0.717) is 31.3 Å². The van der Waals surface area contributed by atoms with Gasteiger partial charge in [0.25, 0.3) is 5.91 Å². The van der Waals surface area contributed by atoms with Crippen LogP contribution in [0.3, 0.4) is 0 Å². The summed E-state index contributed by atoms with van der Waals surface area (Å²) in [6.07, 6.45) is 4.62. The van der Waals surface area contributed by atoms with E-state index in [1.54, 1.807) is 6.26 Å². The molecule has 0 radical (unpaired) electrons. The van der Waals surface area contributed by atoms with E-state index in [9.17, 15) is 4.79 Å². The van der Waals surface area contributed by atoms with Gasteiger partial charge in [-0.05, 0) is 24.3 Å². The van der Waals surface area contributed by atoms with Crippen LogP contribution in [0.15, 0.2) is 59.5 Å². The van der Waals surface area contributed by atoms with Crippen molar-refractivity contribution in [2.24, 2.45) is 0 Å². The van der Waals surface area contributed by atoms with Gasteiger partial charge in [-0.15, -0.1) is 0 Å². The summed E-state index contributed by atoms with van der Waals surface area (Å²) < 4.78 is 10.7. The Morgan fingerprint density at radius 3 is 2.61 bits per heavy atom. The fourth-order valence-electron chi connectivity index (χ4n) is 2.97. The van der Waals surface area contributed by atoms with Crippen molar-refractivity contribution in [2.75, 3.05) is 41.8 Å². The number of morpholine rings is 1. The summed E-state index contributed by atoms with van der Waals surface area (Å²) in [7, 11) is 0. The summed E-state index contributed by atoms with van der Waals surface area (Å²) in [5.41, 5.74) is 2.13. The summed E-state index contributed by atoms with van der Waals surface area (Å²) in [6, 6.07) is 11.4. The van der Waals surface area contributed by atoms with Gasteiger partial charge in [-0.3, -0.25) is 4.79 Å². The fraction of sp³-hybridized carbons (Fsp3) is 0.250. The van der Waals surface area contributed by atoms with Crippen molar-refractivity contribution in [3.05, 3.63) is 66.4 Å². The maximum absolute atomic E-state index is 12.6. The first-order chi connectivity index (χ1) is 13.8. The summed E-state index contributed by atoms with van der Waals surface area (Å²) in [5.74, 6) is 0.963. The molecule has 8 nitrogen and oxygen atoms in total. The largest absolute Gasteiger partial charge is 0.467 e. The van der Waals surface area contributed by atoms with Gasteiger partial charge in [-0.1, -0.05) is 12.1 Å². The van der Waals surface area contributed by atoms with Crippen LogP contribution >= 0.6 is 0 Å². The highest BCUT2D eigenvalue weighted by Crippen LogP contribution is 2.26. The molecule has 0 aliphatic carbocycles. The van der Waals surface area contributed by atoms with E-state index < -0.39 is 0 Å². The third kappa shape index (κ3) is 4.29. The summed E-state index contributed by atoms with van der Waals surface area (Å²) in [5, 5.41) is 6.01. The van der Waals surface area contributed by atoms with Crippen LogP contribution in [0.1, 0.15) is 16.1 Å². The number of ether oxygens (including phenoxy) is 1. The minimum atomic E-state index is -0.252. The molecule has 1 aromatic carbocycles. The topological polar surface area (TPSA) is 92.5 Å². The van der Waals surface area contributed by atoms with E-state index in [1.165, 1.54) is 12.4 Å². The Morgan fingerprint density at radius 2 is 1.86 bits per heavy atom. The predicted octanol–water partition coefficient (Wildman–Crippen LogP) is 2.77. The average Bonchev–Trinajstić information content (AvgIpc) is 3.27. The number of carbonyl (C=O) groups is 1. The number of nitrogens with one attached hydrogen (secondary N) is 2. The standard InChI is InChI=1S/C20H21N5O3/c26-19(15-12-21-20(22-13-15)23-14-16-4-3-9-28-16)24-17-5-1-2-6-18(17)25-7-10-27-11-8-25/h1-6,9,12-13H,7-8,10-11,14H2,(H,24,26)(H,21,22,23). The van der Waals surface area contributed by atoms with Crippen molar-refractivity contribution < 1.29 is 13.9 Å². The minimum absolute atomic E-state index is 0.252. The SMILES string of the molecule is O=C(Nc1ccccc1N1CCOCC1)c1cnc(NCc2ccco2)nc1. The quantitative estimate of drug-likeness (QED) is 0.680. The zero-order chi connectivity index (χ0) is 19.2. The average molecular weight is 379 g/mol. The molecule has 4 rings (SSSR count). The second kappa shape index (κ2) is 8.53. The van der Waals surface area contributed by atoms with Crippen molar-refractivity contribution >= 4 is 23.2 Å². The Kier molecular flexibility index (Phi) is 5.48. The molecule has 1 saturated heterocycles. The van der Waals surface area contributed by atoms with E-state index in [0.717, 1.165) is 30.2 Å². The molecule has 2 aromatic heterocycles. The number of hydrogen-bond acceptors (Lipinski definition) is 7. The maximum atomic E-state index is 12.6. The molecule has 8 heteroatoms. The zero-order valence-corrected chi connectivity index (χ0v) is 15.3. The van der Waals surface area contributed by atoms with Crippen LogP contribution < -0.4 is 15.5 Å². The Morgan fingerprint density at radius 1 is 1.07 bits per heavy atom. The van der Waals surface area contributed by atoms with Crippen molar-refractivity contribution in [1.82, 2.24) is 9.97 Å². The van der Waals surface area contributed by atoms with Crippen molar-refractivity contribution in [1.29, 1.82) is 0 Å². The molecule has 0 spiro atoms. The Bertz CT molecular complexity index is 906. The molecule has 0 unspecified atom stereocenters. The first kappa shape index (κ1) is 18.0. The van der Waals surface area contributed by atoms with Gasteiger partial charge in [0, 0.05) is 25.5 Å². The van der Waals surface area contributed by atoms with Gasteiger partial charge < -0.3 is 24.7 Å². The lowest BCUT2D eigenvalue weighted by molar-refractivity contribution is 0.102. The minimum Gasteiger partial charge on any atom is -0.467 e. The number of anilines is 3. The van der Waals surface area contributed by atoms with E-state index >= 15 is 0 Å². The van der Waals surface area contributed by atoms with Gasteiger partial charge >= 0.3 is 0 Å². The molecule has 1 fully saturated rings. The molecule has 0 bridgehead atoms. The summed E-state index contributed by atoms with van der Waals surface area (Å²) in [6.45, 7) is 3.44. The lowest BCUT2D eigenvalue weighted by Crippen LogP contribution is -2.36. The molecular formula is C20H21N5O3. The van der Waals surface area contributed by atoms with Gasteiger partial charge in [0.05, 0.1) is 43.0 Å². The number of para-hydroxylation sites is 2. The predicted molar refractivity (Wildman–Crippen MR) is 105 cm³/mol. The first-order valence-electron chi connectivity index (χ1n) is 9.11. The molecule has 144 valence electrons. The second-order valence-electron chi connectivity index (χ2n) is 6.30. The van der Waals surface area contributed by atoms with Gasteiger partial charge in [-0.2, -0.15) is 0 Å². The highest BCUT2D eigenvalue weighted by atomic mass is 16.5. The molecule has 1 aliphatic rings. The highest BCUT2D eigenvalue weighted by Gasteiger charge is 2.16. The highest BCUT2D eigenvalue weighted by molar-refractivity contribution is 6.05. The number of hydrogen-bond donors (Lipinski definition) is 2. The number of benzene rings is 1. The summed E-state index contributed by atoms with van der Waals surface area (Å²) >= 11 is 0. The van der Waals surface area contributed by atoms with Gasteiger partial charge in [0.15, 0.2) is 0 Å². The van der Waals surface area contributed by atoms with Crippen molar-refractivity contribution in [3.63, 3.8) is 0 Å². The smallest absolute Gasteiger partial charge is 0.258 e. The zero-order valence-electron chi connectivity index (χ0n) is 15.3. The number of rotatable bonds is 6. The van der Waals surface area contributed by atoms with Gasteiger partial charge in [-0.25, -0.2) is 9.97 Å². The molecule has 3 heterocycles. The second-order valence-corrected chi connectivity index (χ2v) is 6.30. The maximum Gasteiger partial charge on any atom is 0.258 e. The van der Waals surface area contributed by atoms with Crippen LogP contribution in [0, 0.1) is 0 Å². The van der Waals surface area contributed by atoms with Crippen LogP contribution in [0.25, 0.3) is 0 Å². The van der Waals surface area contributed by atoms with E-state index in [4.69, 9.17) is 9.15 Å². The van der Waals surface area contributed by atoms with Crippen LogP contribution in [-0.2, 0) is 11.3 Å². The third-order valence-corrected chi connectivity index (χ3v) is 4.42. The lowest BCUT2D eigenvalue weighted by Gasteiger charge is -2.30. The molecule has 1 aliphatic heterocycles. The number of nitrogens with zero attached hydrogens (tertiary/aromatic N) is 3. The summed E-state index contributed by atoms with van der Waals surface area (Å²) in [4.78, 5) is 23.2. The van der Waals surface area contributed by atoms with Crippen LogP contribution in [-0.4, -0.2) is 42.2 Å². The van der Waals surface area contributed by atoms with Gasteiger partial charge in [0.2, 0.25) is 5.95 Å². The Balaban J connectivity index is 1.41. The number of aromatic nitrogens is 2. The molecule has 1 amide bonds.